The Labute approximate surface area is 138 Å². The molecule has 1 atom stereocenters. The molecule has 0 spiro atoms. The first-order chi connectivity index (χ1) is 10.1. The minimum Gasteiger partial charge on any atom is -0.355 e. The van der Waals surface area contributed by atoms with Crippen LogP contribution in [0.1, 0.15) is 48.5 Å². The standard InChI is InChI=1S/C17H24N2O2.ClH/c1-2-12-3-5-14(6-4-12)16(20)9-10-17(21)19-11-15(18)13-7-8-13;/h3-6,13,15H,2,7-11,18H2,1H3,(H,19,21);1H. The molecule has 1 aromatic carbocycles. The number of aryl methyl sites for hydroxylation is 1. The summed E-state index contributed by atoms with van der Waals surface area (Å²) in [6, 6.07) is 7.65. The van der Waals surface area contributed by atoms with Crippen LogP contribution >= 0.6 is 12.4 Å². The highest BCUT2D eigenvalue weighted by atomic mass is 35.5. The number of hydrogen-bond acceptors (Lipinski definition) is 3. The van der Waals surface area contributed by atoms with E-state index in [1.165, 1.54) is 18.4 Å². The molecule has 0 radical (unpaired) electrons. The predicted octanol–water partition coefficient (Wildman–Crippen LogP) is 2.49. The van der Waals surface area contributed by atoms with Crippen molar-refractivity contribution < 1.29 is 9.59 Å². The molecule has 22 heavy (non-hydrogen) atoms. The second-order valence-electron chi connectivity index (χ2n) is 5.78. The average Bonchev–Trinajstić information content (AvgIpc) is 3.35. The molecule has 1 aliphatic rings. The second kappa shape index (κ2) is 8.91. The van der Waals surface area contributed by atoms with E-state index in [0.717, 1.165) is 6.42 Å². The van der Waals surface area contributed by atoms with E-state index in [2.05, 4.69) is 12.2 Å². The van der Waals surface area contributed by atoms with Gasteiger partial charge < -0.3 is 11.1 Å². The van der Waals surface area contributed by atoms with Gasteiger partial charge in [-0.1, -0.05) is 31.2 Å². The number of ketones is 1. The molecule has 1 fully saturated rings. The molecule has 2 rings (SSSR count). The van der Waals surface area contributed by atoms with Crippen LogP contribution in [-0.2, 0) is 11.2 Å². The molecule has 5 heteroatoms. The molecule has 1 aliphatic carbocycles. The number of carbonyl (C=O) groups excluding carboxylic acids is 2. The molecule has 1 aromatic rings. The van der Waals surface area contributed by atoms with Gasteiger partial charge in [0.15, 0.2) is 5.78 Å². The zero-order valence-electron chi connectivity index (χ0n) is 13.0. The number of amides is 1. The fraction of sp³-hybridized carbons (Fsp3) is 0.529. The average molecular weight is 325 g/mol. The lowest BCUT2D eigenvalue weighted by atomic mass is 10.0. The van der Waals surface area contributed by atoms with E-state index in [9.17, 15) is 9.59 Å². The van der Waals surface area contributed by atoms with Gasteiger partial charge in [0, 0.05) is 31.0 Å². The van der Waals surface area contributed by atoms with Crippen LogP contribution in [0.3, 0.4) is 0 Å². The predicted molar refractivity (Wildman–Crippen MR) is 90.3 cm³/mol. The first-order valence-corrected chi connectivity index (χ1v) is 7.74. The van der Waals surface area contributed by atoms with Crippen molar-refractivity contribution >= 4 is 24.1 Å². The summed E-state index contributed by atoms with van der Waals surface area (Å²) in [6.07, 6.45) is 3.77. The summed E-state index contributed by atoms with van der Waals surface area (Å²) in [5.41, 5.74) is 7.80. The van der Waals surface area contributed by atoms with Crippen LogP contribution in [-0.4, -0.2) is 24.3 Å². The summed E-state index contributed by atoms with van der Waals surface area (Å²) in [5.74, 6) is 0.493. The molecule has 4 nitrogen and oxygen atoms in total. The van der Waals surface area contributed by atoms with E-state index < -0.39 is 0 Å². The van der Waals surface area contributed by atoms with Gasteiger partial charge in [0.05, 0.1) is 0 Å². The Bertz CT molecular complexity index is 498. The highest BCUT2D eigenvalue weighted by Gasteiger charge is 2.28. The molecule has 122 valence electrons. The quantitative estimate of drug-likeness (QED) is 0.722. The zero-order valence-corrected chi connectivity index (χ0v) is 13.8. The van der Waals surface area contributed by atoms with Crippen LogP contribution in [0.25, 0.3) is 0 Å². The van der Waals surface area contributed by atoms with E-state index in [1.54, 1.807) is 0 Å². The van der Waals surface area contributed by atoms with Gasteiger partial charge >= 0.3 is 0 Å². The van der Waals surface area contributed by atoms with Gasteiger partial charge in [-0.05, 0) is 30.7 Å². The van der Waals surface area contributed by atoms with E-state index in [0.29, 0.717) is 18.0 Å². The van der Waals surface area contributed by atoms with Crippen molar-refractivity contribution in [3.63, 3.8) is 0 Å². The molecule has 1 amide bonds. The fourth-order valence-corrected chi connectivity index (χ4v) is 2.31. The zero-order chi connectivity index (χ0) is 15.2. The van der Waals surface area contributed by atoms with Gasteiger partial charge in [-0.2, -0.15) is 0 Å². The van der Waals surface area contributed by atoms with Gasteiger partial charge in [-0.25, -0.2) is 0 Å². The van der Waals surface area contributed by atoms with Crippen molar-refractivity contribution in [2.45, 2.75) is 45.1 Å². The lowest BCUT2D eigenvalue weighted by Gasteiger charge is -2.11. The van der Waals surface area contributed by atoms with Crippen LogP contribution in [0.4, 0.5) is 0 Å². The summed E-state index contributed by atoms with van der Waals surface area (Å²) >= 11 is 0. The van der Waals surface area contributed by atoms with Gasteiger partial charge in [0.1, 0.15) is 0 Å². The summed E-state index contributed by atoms with van der Waals surface area (Å²) in [6.45, 7) is 2.59. The number of carbonyl (C=O) groups is 2. The SMILES string of the molecule is CCc1ccc(C(=O)CCC(=O)NCC(N)C2CC2)cc1.Cl. The molecule has 0 bridgehead atoms. The van der Waals surface area contributed by atoms with Crippen molar-refractivity contribution in [2.75, 3.05) is 6.54 Å². The maximum atomic E-state index is 12.0. The van der Waals surface area contributed by atoms with Crippen LogP contribution in [0.2, 0.25) is 0 Å². The molecule has 1 unspecified atom stereocenters. The van der Waals surface area contributed by atoms with Crippen molar-refractivity contribution in [3.8, 4) is 0 Å². The Morgan fingerprint density at radius 2 is 1.86 bits per heavy atom. The molecule has 0 aliphatic heterocycles. The van der Waals surface area contributed by atoms with Crippen LogP contribution in [0.15, 0.2) is 24.3 Å². The number of benzene rings is 1. The third-order valence-corrected chi connectivity index (χ3v) is 4.03. The molecule has 0 heterocycles. The molecule has 1 saturated carbocycles. The fourth-order valence-electron chi connectivity index (χ4n) is 2.31. The molecule has 3 N–H and O–H groups in total. The molecule has 0 aromatic heterocycles. The summed E-state index contributed by atoms with van der Waals surface area (Å²) in [4.78, 5) is 23.7. The maximum Gasteiger partial charge on any atom is 0.220 e. The second-order valence-corrected chi connectivity index (χ2v) is 5.78. The minimum absolute atomic E-state index is 0. The van der Waals surface area contributed by atoms with Crippen molar-refractivity contribution in [1.82, 2.24) is 5.32 Å². The largest absolute Gasteiger partial charge is 0.355 e. The monoisotopic (exact) mass is 324 g/mol. The van der Waals surface area contributed by atoms with Crippen LogP contribution in [0.5, 0.6) is 0 Å². The topological polar surface area (TPSA) is 72.2 Å². The lowest BCUT2D eigenvalue weighted by Crippen LogP contribution is -2.38. The Hall–Kier alpha value is -1.39. The number of halogens is 1. The van der Waals surface area contributed by atoms with Gasteiger partial charge in [-0.3, -0.25) is 9.59 Å². The lowest BCUT2D eigenvalue weighted by molar-refractivity contribution is -0.121. The Morgan fingerprint density at radius 1 is 1.23 bits per heavy atom. The Kier molecular flexibility index (Phi) is 7.56. The third kappa shape index (κ3) is 5.78. The van der Waals surface area contributed by atoms with Crippen molar-refractivity contribution in [2.24, 2.45) is 11.7 Å². The third-order valence-electron chi connectivity index (χ3n) is 4.03. The van der Waals surface area contributed by atoms with Crippen LogP contribution < -0.4 is 11.1 Å². The molecular formula is C17H25ClN2O2. The normalized spacial score (nSPS) is 14.8. The maximum absolute atomic E-state index is 12.0. The van der Waals surface area contributed by atoms with Crippen molar-refractivity contribution in [3.05, 3.63) is 35.4 Å². The number of hydrogen-bond donors (Lipinski definition) is 2. The van der Waals surface area contributed by atoms with Crippen LogP contribution in [0, 0.1) is 5.92 Å². The van der Waals surface area contributed by atoms with E-state index in [-0.39, 0.29) is 43.0 Å². The van der Waals surface area contributed by atoms with Gasteiger partial charge in [0.2, 0.25) is 5.91 Å². The number of rotatable bonds is 8. The van der Waals surface area contributed by atoms with E-state index in [4.69, 9.17) is 5.73 Å². The Morgan fingerprint density at radius 3 is 2.41 bits per heavy atom. The minimum atomic E-state index is -0.0929. The highest BCUT2D eigenvalue weighted by Crippen LogP contribution is 2.31. The number of nitrogens with one attached hydrogen (secondary N) is 1. The van der Waals surface area contributed by atoms with Crippen molar-refractivity contribution in [1.29, 1.82) is 0 Å². The number of nitrogens with two attached hydrogens (primary N) is 1. The first-order valence-electron chi connectivity index (χ1n) is 7.74. The Balaban J connectivity index is 0.00000242. The first kappa shape index (κ1) is 18.7. The molecular weight excluding hydrogens is 300 g/mol. The summed E-state index contributed by atoms with van der Waals surface area (Å²) in [5, 5.41) is 2.81. The van der Waals surface area contributed by atoms with E-state index >= 15 is 0 Å². The smallest absolute Gasteiger partial charge is 0.220 e. The number of Topliss-reactive ketones (excluding diaryl/α,β-unsaturated/α-hetero) is 1. The molecule has 0 saturated heterocycles. The summed E-state index contributed by atoms with van der Waals surface area (Å²) < 4.78 is 0. The summed E-state index contributed by atoms with van der Waals surface area (Å²) in [7, 11) is 0. The highest BCUT2D eigenvalue weighted by molar-refractivity contribution is 5.97. The van der Waals surface area contributed by atoms with Gasteiger partial charge in [0.25, 0.3) is 0 Å². The van der Waals surface area contributed by atoms with Gasteiger partial charge in [-0.15, -0.1) is 12.4 Å². The van der Waals surface area contributed by atoms with E-state index in [1.807, 2.05) is 24.3 Å².